The summed E-state index contributed by atoms with van der Waals surface area (Å²) in [5.74, 6) is -0.660. The summed E-state index contributed by atoms with van der Waals surface area (Å²) in [4.78, 5) is 11.8. The normalized spacial score (nSPS) is 18.3. The van der Waals surface area contributed by atoms with Gasteiger partial charge in [0.05, 0.1) is 0 Å². The van der Waals surface area contributed by atoms with Crippen molar-refractivity contribution in [3.8, 4) is 0 Å². The van der Waals surface area contributed by atoms with E-state index >= 15 is 0 Å². The second kappa shape index (κ2) is 5.48. The van der Waals surface area contributed by atoms with Gasteiger partial charge in [0, 0.05) is 17.6 Å². The van der Waals surface area contributed by atoms with Crippen molar-refractivity contribution in [1.82, 2.24) is 5.32 Å². The molecule has 4 heteroatoms. The van der Waals surface area contributed by atoms with Gasteiger partial charge in [0.2, 0.25) is 0 Å². The third-order valence-corrected chi connectivity index (χ3v) is 3.54. The molecule has 1 aromatic carbocycles. The highest BCUT2D eigenvalue weighted by atomic mass is 19.1. The lowest BCUT2D eigenvalue weighted by atomic mass is 9.82. The molecule has 1 fully saturated rings. The standard InChI is InChI=1S/C14H19FN2O/c15-12-6-4-5-11(9-12)13(18)17-10-14(16)7-2-1-3-8-14/h4-6,9H,1-3,7-8,10,16H2,(H,17,18). The van der Waals surface area contributed by atoms with Crippen molar-refractivity contribution >= 4 is 5.91 Å². The fourth-order valence-corrected chi connectivity index (χ4v) is 2.42. The largest absolute Gasteiger partial charge is 0.350 e. The van der Waals surface area contributed by atoms with E-state index < -0.39 is 5.82 Å². The predicted octanol–water partition coefficient (Wildman–Crippen LogP) is 2.22. The van der Waals surface area contributed by atoms with Crippen molar-refractivity contribution in [2.75, 3.05) is 6.54 Å². The Morgan fingerprint density at radius 1 is 1.33 bits per heavy atom. The van der Waals surface area contributed by atoms with Gasteiger partial charge in [0.25, 0.3) is 5.91 Å². The molecule has 0 atom stereocenters. The third-order valence-electron chi connectivity index (χ3n) is 3.54. The van der Waals surface area contributed by atoms with Gasteiger partial charge in [0.15, 0.2) is 0 Å². The van der Waals surface area contributed by atoms with Gasteiger partial charge in [-0.2, -0.15) is 0 Å². The molecule has 1 aliphatic rings. The van der Waals surface area contributed by atoms with Crippen LogP contribution >= 0.6 is 0 Å². The van der Waals surface area contributed by atoms with Crippen LogP contribution in [0.25, 0.3) is 0 Å². The van der Waals surface area contributed by atoms with Crippen LogP contribution in [-0.4, -0.2) is 18.0 Å². The van der Waals surface area contributed by atoms with Crippen LogP contribution in [0.3, 0.4) is 0 Å². The maximum Gasteiger partial charge on any atom is 0.251 e. The Bertz CT molecular complexity index is 428. The highest BCUT2D eigenvalue weighted by molar-refractivity contribution is 5.94. The number of amides is 1. The molecule has 0 spiro atoms. The Labute approximate surface area is 107 Å². The summed E-state index contributed by atoms with van der Waals surface area (Å²) in [6.07, 6.45) is 5.34. The number of nitrogens with two attached hydrogens (primary N) is 1. The highest BCUT2D eigenvalue weighted by Gasteiger charge is 2.27. The Morgan fingerprint density at radius 3 is 2.72 bits per heavy atom. The fraction of sp³-hybridized carbons (Fsp3) is 0.500. The highest BCUT2D eigenvalue weighted by Crippen LogP contribution is 2.25. The van der Waals surface area contributed by atoms with Crippen molar-refractivity contribution < 1.29 is 9.18 Å². The van der Waals surface area contributed by atoms with Crippen LogP contribution in [0.2, 0.25) is 0 Å². The average molecular weight is 250 g/mol. The van der Waals surface area contributed by atoms with Crippen LogP contribution in [0.5, 0.6) is 0 Å². The summed E-state index contributed by atoms with van der Waals surface area (Å²) in [5.41, 5.74) is 6.28. The molecule has 2 rings (SSSR count). The quantitative estimate of drug-likeness (QED) is 0.864. The number of halogens is 1. The molecule has 1 aliphatic carbocycles. The lowest BCUT2D eigenvalue weighted by Gasteiger charge is -2.33. The van der Waals surface area contributed by atoms with Crippen LogP contribution in [0, 0.1) is 5.82 Å². The molecule has 0 aromatic heterocycles. The maximum absolute atomic E-state index is 13.0. The van der Waals surface area contributed by atoms with E-state index in [4.69, 9.17) is 5.73 Å². The molecule has 0 bridgehead atoms. The van der Waals surface area contributed by atoms with E-state index in [1.807, 2.05) is 0 Å². The van der Waals surface area contributed by atoms with Crippen LogP contribution in [0.4, 0.5) is 4.39 Å². The molecule has 0 heterocycles. The summed E-state index contributed by atoms with van der Waals surface area (Å²) in [6.45, 7) is 0.461. The second-order valence-electron chi connectivity index (χ2n) is 5.12. The summed E-state index contributed by atoms with van der Waals surface area (Å²) in [7, 11) is 0. The van der Waals surface area contributed by atoms with Crippen LogP contribution in [-0.2, 0) is 0 Å². The van der Waals surface area contributed by atoms with Gasteiger partial charge in [0.1, 0.15) is 5.82 Å². The minimum atomic E-state index is -0.400. The van der Waals surface area contributed by atoms with Crippen molar-refractivity contribution in [2.24, 2.45) is 5.73 Å². The lowest BCUT2D eigenvalue weighted by molar-refractivity contribution is 0.0937. The van der Waals surface area contributed by atoms with Gasteiger partial charge in [-0.25, -0.2) is 4.39 Å². The molecular formula is C14H19FN2O. The van der Waals surface area contributed by atoms with E-state index in [1.54, 1.807) is 6.07 Å². The molecule has 3 N–H and O–H groups in total. The zero-order valence-electron chi connectivity index (χ0n) is 10.4. The molecule has 98 valence electrons. The summed E-state index contributed by atoms with van der Waals surface area (Å²) < 4.78 is 13.0. The molecule has 3 nitrogen and oxygen atoms in total. The number of nitrogens with one attached hydrogen (secondary N) is 1. The average Bonchev–Trinajstić information content (AvgIpc) is 2.37. The first kappa shape index (κ1) is 13.0. The first-order valence-electron chi connectivity index (χ1n) is 6.42. The van der Waals surface area contributed by atoms with Gasteiger partial charge < -0.3 is 11.1 Å². The van der Waals surface area contributed by atoms with Crippen molar-refractivity contribution in [3.05, 3.63) is 35.6 Å². The van der Waals surface area contributed by atoms with Gasteiger partial charge in [-0.3, -0.25) is 4.79 Å². The third kappa shape index (κ3) is 3.29. The monoisotopic (exact) mass is 250 g/mol. The lowest BCUT2D eigenvalue weighted by Crippen LogP contribution is -2.51. The number of carbonyl (C=O) groups excluding carboxylic acids is 1. The first-order chi connectivity index (χ1) is 8.59. The van der Waals surface area contributed by atoms with Gasteiger partial charge in [-0.1, -0.05) is 25.3 Å². The summed E-state index contributed by atoms with van der Waals surface area (Å²) >= 11 is 0. The van der Waals surface area contributed by atoms with Crippen LogP contribution < -0.4 is 11.1 Å². The number of hydrogen-bond acceptors (Lipinski definition) is 2. The Hall–Kier alpha value is -1.42. The summed E-state index contributed by atoms with van der Waals surface area (Å²) in [6, 6.07) is 5.69. The molecule has 1 amide bonds. The molecule has 0 unspecified atom stereocenters. The van der Waals surface area contributed by atoms with Crippen LogP contribution in [0.1, 0.15) is 42.5 Å². The smallest absolute Gasteiger partial charge is 0.251 e. The number of rotatable bonds is 3. The molecule has 18 heavy (non-hydrogen) atoms. The number of benzene rings is 1. The zero-order valence-corrected chi connectivity index (χ0v) is 10.4. The molecule has 1 aromatic rings. The van der Waals surface area contributed by atoms with Gasteiger partial charge in [-0.05, 0) is 31.0 Å². The molecule has 1 saturated carbocycles. The van der Waals surface area contributed by atoms with E-state index in [1.165, 1.54) is 24.6 Å². The van der Waals surface area contributed by atoms with E-state index in [9.17, 15) is 9.18 Å². The topological polar surface area (TPSA) is 55.1 Å². The molecule has 0 saturated heterocycles. The second-order valence-corrected chi connectivity index (χ2v) is 5.12. The van der Waals surface area contributed by atoms with Crippen molar-refractivity contribution in [1.29, 1.82) is 0 Å². The minimum absolute atomic E-state index is 0.259. The number of hydrogen-bond donors (Lipinski definition) is 2. The first-order valence-corrected chi connectivity index (χ1v) is 6.42. The zero-order chi connectivity index (χ0) is 13.0. The molecule has 0 aliphatic heterocycles. The molecule has 0 radical (unpaired) electrons. The maximum atomic E-state index is 13.0. The molecular weight excluding hydrogens is 231 g/mol. The summed E-state index contributed by atoms with van der Waals surface area (Å²) in [5, 5.41) is 2.81. The predicted molar refractivity (Wildman–Crippen MR) is 68.7 cm³/mol. The van der Waals surface area contributed by atoms with E-state index in [2.05, 4.69) is 5.32 Å². The SMILES string of the molecule is NC1(CNC(=O)c2cccc(F)c2)CCCCC1. The van der Waals surface area contributed by atoms with Gasteiger partial charge >= 0.3 is 0 Å². The van der Waals surface area contributed by atoms with E-state index in [-0.39, 0.29) is 11.4 Å². The fourth-order valence-electron chi connectivity index (χ4n) is 2.42. The van der Waals surface area contributed by atoms with Gasteiger partial charge in [-0.15, -0.1) is 0 Å². The number of carbonyl (C=O) groups is 1. The Morgan fingerprint density at radius 2 is 2.06 bits per heavy atom. The van der Waals surface area contributed by atoms with E-state index in [0.717, 1.165) is 25.7 Å². The van der Waals surface area contributed by atoms with Crippen LogP contribution in [0.15, 0.2) is 24.3 Å². The Kier molecular flexibility index (Phi) is 3.97. The van der Waals surface area contributed by atoms with E-state index in [0.29, 0.717) is 12.1 Å². The van der Waals surface area contributed by atoms with Crippen molar-refractivity contribution in [3.63, 3.8) is 0 Å². The van der Waals surface area contributed by atoms with Crippen molar-refractivity contribution in [2.45, 2.75) is 37.6 Å². The minimum Gasteiger partial charge on any atom is -0.350 e. The Balaban J connectivity index is 1.92.